The number of nitrogens with two attached hydrogens (primary N) is 1. The molecule has 4 heteroatoms. The third kappa shape index (κ3) is 2.06. The number of anilines is 1. The summed E-state index contributed by atoms with van der Waals surface area (Å²) in [7, 11) is 0. The minimum absolute atomic E-state index is 0.117. The lowest BCUT2D eigenvalue weighted by atomic mass is 10.1. The third-order valence-electron chi connectivity index (χ3n) is 2.17. The number of carbonyl (C=O) groups is 1. The lowest BCUT2D eigenvalue weighted by Crippen LogP contribution is -2.04. The fourth-order valence-electron chi connectivity index (χ4n) is 1.40. The Balaban J connectivity index is 2.54. The van der Waals surface area contributed by atoms with Gasteiger partial charge in [0.2, 0.25) is 5.95 Å². The number of hydrogen-bond donors (Lipinski definition) is 1. The summed E-state index contributed by atoms with van der Waals surface area (Å²) in [5, 5.41) is 0. The zero-order valence-corrected chi connectivity index (χ0v) is 8.84. The van der Waals surface area contributed by atoms with Gasteiger partial charge in [0.05, 0.1) is 5.69 Å². The van der Waals surface area contributed by atoms with E-state index >= 15 is 0 Å². The predicted molar refractivity (Wildman–Crippen MR) is 61.9 cm³/mol. The second-order valence-electron chi connectivity index (χ2n) is 3.42. The van der Waals surface area contributed by atoms with Gasteiger partial charge in [0.1, 0.15) is 5.69 Å². The molecular weight excluding hydrogens is 202 g/mol. The molecule has 4 nitrogen and oxygen atoms in total. The highest BCUT2D eigenvalue weighted by molar-refractivity contribution is 5.93. The highest BCUT2D eigenvalue weighted by atomic mass is 16.1. The van der Waals surface area contributed by atoms with Crippen molar-refractivity contribution in [1.82, 2.24) is 9.97 Å². The standard InChI is InChI=1S/C12H11N3O/c1-8(16)10-7-11(15-12(13)14-10)9-5-3-2-4-6-9/h2-7H,1H3,(H2,13,14,15). The van der Waals surface area contributed by atoms with Gasteiger partial charge in [0.25, 0.3) is 0 Å². The lowest BCUT2D eigenvalue weighted by molar-refractivity contribution is 0.101. The van der Waals surface area contributed by atoms with E-state index in [0.717, 1.165) is 5.56 Å². The zero-order valence-electron chi connectivity index (χ0n) is 8.84. The van der Waals surface area contributed by atoms with E-state index in [9.17, 15) is 4.79 Å². The van der Waals surface area contributed by atoms with Crippen molar-refractivity contribution in [3.63, 3.8) is 0 Å². The number of rotatable bonds is 2. The number of carbonyl (C=O) groups excluding carboxylic acids is 1. The van der Waals surface area contributed by atoms with E-state index in [-0.39, 0.29) is 11.7 Å². The molecule has 0 unspecified atom stereocenters. The molecule has 0 amide bonds. The van der Waals surface area contributed by atoms with Crippen LogP contribution >= 0.6 is 0 Å². The zero-order chi connectivity index (χ0) is 11.5. The first-order valence-electron chi connectivity index (χ1n) is 4.88. The molecule has 80 valence electrons. The predicted octanol–water partition coefficient (Wildman–Crippen LogP) is 1.93. The molecule has 1 aromatic heterocycles. The Kier molecular flexibility index (Phi) is 2.64. The summed E-state index contributed by atoms with van der Waals surface area (Å²) in [4.78, 5) is 19.2. The van der Waals surface area contributed by atoms with Crippen LogP contribution in [0, 0.1) is 0 Å². The van der Waals surface area contributed by atoms with Gasteiger partial charge in [-0.15, -0.1) is 0 Å². The van der Waals surface area contributed by atoms with Gasteiger partial charge in [-0.2, -0.15) is 0 Å². The van der Waals surface area contributed by atoms with Crippen molar-refractivity contribution in [3.05, 3.63) is 42.1 Å². The van der Waals surface area contributed by atoms with Crippen LogP contribution in [-0.4, -0.2) is 15.8 Å². The molecule has 0 saturated carbocycles. The van der Waals surface area contributed by atoms with Crippen molar-refractivity contribution in [2.75, 3.05) is 5.73 Å². The summed E-state index contributed by atoms with van der Waals surface area (Å²) in [6.45, 7) is 1.45. The van der Waals surface area contributed by atoms with Crippen LogP contribution in [0.1, 0.15) is 17.4 Å². The van der Waals surface area contributed by atoms with Crippen molar-refractivity contribution in [2.45, 2.75) is 6.92 Å². The smallest absolute Gasteiger partial charge is 0.221 e. The first kappa shape index (κ1) is 10.3. The van der Waals surface area contributed by atoms with Crippen molar-refractivity contribution >= 4 is 11.7 Å². The minimum Gasteiger partial charge on any atom is -0.368 e. The lowest BCUT2D eigenvalue weighted by Gasteiger charge is -2.03. The van der Waals surface area contributed by atoms with E-state index < -0.39 is 0 Å². The number of Topliss-reactive ketones (excluding diaryl/α,β-unsaturated/α-hetero) is 1. The number of ketones is 1. The minimum atomic E-state index is -0.119. The van der Waals surface area contributed by atoms with Crippen LogP contribution in [-0.2, 0) is 0 Å². The molecule has 2 rings (SSSR count). The molecule has 2 N–H and O–H groups in total. The summed E-state index contributed by atoms with van der Waals surface area (Å²) in [6.07, 6.45) is 0. The number of benzene rings is 1. The molecule has 1 heterocycles. The van der Waals surface area contributed by atoms with Crippen LogP contribution in [0.15, 0.2) is 36.4 Å². The first-order chi connectivity index (χ1) is 7.66. The SMILES string of the molecule is CC(=O)c1cc(-c2ccccc2)nc(N)n1. The van der Waals surface area contributed by atoms with E-state index in [0.29, 0.717) is 11.4 Å². The van der Waals surface area contributed by atoms with Gasteiger partial charge in [0, 0.05) is 12.5 Å². The fraction of sp³-hybridized carbons (Fsp3) is 0.0833. The Morgan fingerprint density at radius 3 is 2.50 bits per heavy atom. The Hall–Kier alpha value is -2.23. The van der Waals surface area contributed by atoms with Crippen LogP contribution in [0.25, 0.3) is 11.3 Å². The van der Waals surface area contributed by atoms with E-state index in [1.165, 1.54) is 6.92 Å². The maximum atomic E-state index is 11.2. The Labute approximate surface area is 93.2 Å². The average Bonchev–Trinajstić information content (AvgIpc) is 2.29. The summed E-state index contributed by atoms with van der Waals surface area (Å²) < 4.78 is 0. The van der Waals surface area contributed by atoms with Crippen LogP contribution in [0.4, 0.5) is 5.95 Å². The molecule has 0 spiro atoms. The highest BCUT2D eigenvalue weighted by Gasteiger charge is 2.07. The Bertz CT molecular complexity index is 523. The summed E-state index contributed by atoms with van der Waals surface area (Å²) >= 11 is 0. The van der Waals surface area contributed by atoms with Crippen LogP contribution in [0.2, 0.25) is 0 Å². The summed E-state index contributed by atoms with van der Waals surface area (Å²) in [5.41, 5.74) is 7.48. The van der Waals surface area contributed by atoms with E-state index in [2.05, 4.69) is 9.97 Å². The van der Waals surface area contributed by atoms with Gasteiger partial charge in [-0.05, 0) is 6.07 Å². The highest BCUT2D eigenvalue weighted by Crippen LogP contribution is 2.18. The molecular formula is C12H11N3O. The fourth-order valence-corrected chi connectivity index (χ4v) is 1.40. The first-order valence-corrected chi connectivity index (χ1v) is 4.88. The average molecular weight is 213 g/mol. The molecule has 0 saturated heterocycles. The van der Waals surface area contributed by atoms with Gasteiger partial charge >= 0.3 is 0 Å². The molecule has 0 bridgehead atoms. The second-order valence-corrected chi connectivity index (χ2v) is 3.42. The van der Waals surface area contributed by atoms with E-state index in [1.54, 1.807) is 6.07 Å². The molecule has 0 atom stereocenters. The van der Waals surface area contributed by atoms with Crippen molar-refractivity contribution in [1.29, 1.82) is 0 Å². The summed E-state index contributed by atoms with van der Waals surface area (Å²) in [6, 6.07) is 11.2. The van der Waals surface area contributed by atoms with Gasteiger partial charge in [-0.3, -0.25) is 4.79 Å². The van der Waals surface area contributed by atoms with Gasteiger partial charge in [-0.25, -0.2) is 9.97 Å². The normalized spacial score (nSPS) is 10.1. The van der Waals surface area contributed by atoms with Crippen LogP contribution in [0.3, 0.4) is 0 Å². The number of nitrogens with zero attached hydrogens (tertiary/aromatic N) is 2. The summed E-state index contributed by atoms with van der Waals surface area (Å²) in [5.74, 6) is -0.00201. The quantitative estimate of drug-likeness (QED) is 0.774. The number of nitrogen functional groups attached to an aromatic ring is 1. The van der Waals surface area contributed by atoms with Gasteiger partial charge < -0.3 is 5.73 Å². The van der Waals surface area contributed by atoms with Gasteiger partial charge in [0.15, 0.2) is 5.78 Å². The third-order valence-corrected chi connectivity index (χ3v) is 2.17. The second kappa shape index (κ2) is 4.10. The number of hydrogen-bond acceptors (Lipinski definition) is 4. The van der Waals surface area contributed by atoms with Crippen LogP contribution in [0.5, 0.6) is 0 Å². The van der Waals surface area contributed by atoms with Crippen molar-refractivity contribution in [3.8, 4) is 11.3 Å². The Morgan fingerprint density at radius 2 is 1.88 bits per heavy atom. The maximum absolute atomic E-state index is 11.2. The van der Waals surface area contributed by atoms with E-state index in [4.69, 9.17) is 5.73 Å². The van der Waals surface area contributed by atoms with Crippen molar-refractivity contribution in [2.24, 2.45) is 0 Å². The Morgan fingerprint density at radius 1 is 1.19 bits per heavy atom. The molecule has 2 aromatic rings. The molecule has 1 aromatic carbocycles. The van der Waals surface area contributed by atoms with Crippen LogP contribution < -0.4 is 5.73 Å². The number of aromatic nitrogens is 2. The molecule has 0 fully saturated rings. The monoisotopic (exact) mass is 213 g/mol. The van der Waals surface area contributed by atoms with Gasteiger partial charge in [-0.1, -0.05) is 30.3 Å². The van der Waals surface area contributed by atoms with Crippen molar-refractivity contribution < 1.29 is 4.79 Å². The molecule has 0 aliphatic carbocycles. The maximum Gasteiger partial charge on any atom is 0.221 e. The van der Waals surface area contributed by atoms with E-state index in [1.807, 2.05) is 30.3 Å². The molecule has 16 heavy (non-hydrogen) atoms. The molecule has 0 radical (unpaired) electrons. The largest absolute Gasteiger partial charge is 0.368 e. The topological polar surface area (TPSA) is 68.9 Å². The molecule has 0 aliphatic heterocycles. The molecule has 0 aliphatic rings.